The summed E-state index contributed by atoms with van der Waals surface area (Å²) in [6, 6.07) is 0. The quantitative estimate of drug-likeness (QED) is 0.289. The monoisotopic (exact) mass is 192 g/mol. The highest BCUT2D eigenvalue weighted by Gasteiger charge is 2.22. The Morgan fingerprint density at radius 2 is 1.38 bits per heavy atom. The molecule has 0 spiro atoms. The molecular formula is C8H4F4O. The highest BCUT2D eigenvalue weighted by Crippen LogP contribution is 2.21. The smallest absolute Gasteiger partial charge is 0.198 e. The third kappa shape index (κ3) is 1.30. The van der Waals surface area contributed by atoms with Crippen LogP contribution in [0, 0.1) is 30.2 Å². The van der Waals surface area contributed by atoms with E-state index in [9.17, 15) is 22.4 Å². The zero-order valence-corrected chi connectivity index (χ0v) is 6.50. The molecule has 1 aromatic carbocycles. The minimum Gasteiger partial charge on any atom is -0.298 e. The van der Waals surface area contributed by atoms with E-state index in [1.165, 1.54) is 0 Å². The number of hydrogen-bond donors (Lipinski definition) is 0. The van der Waals surface area contributed by atoms with Crippen molar-refractivity contribution in [2.75, 3.05) is 0 Å². The minimum absolute atomic E-state index is 0.0593. The van der Waals surface area contributed by atoms with Crippen molar-refractivity contribution in [2.24, 2.45) is 0 Å². The standard InChI is InChI=1S/C8H4F4O/c1-3-4(2-13)6(10)8(12)7(11)5(3)9/h2H,1H3. The molecule has 0 bridgehead atoms. The van der Waals surface area contributed by atoms with Crippen molar-refractivity contribution in [3.63, 3.8) is 0 Å². The topological polar surface area (TPSA) is 17.1 Å². The number of carbonyl (C=O) groups is 1. The van der Waals surface area contributed by atoms with Gasteiger partial charge in [0.2, 0.25) is 0 Å². The zero-order valence-electron chi connectivity index (χ0n) is 6.50. The van der Waals surface area contributed by atoms with Crippen LogP contribution in [0.15, 0.2) is 0 Å². The van der Waals surface area contributed by atoms with E-state index in [0.29, 0.717) is 0 Å². The van der Waals surface area contributed by atoms with Crippen LogP contribution in [0.5, 0.6) is 0 Å². The number of carbonyl (C=O) groups excluding carboxylic acids is 1. The Kier molecular flexibility index (Phi) is 2.36. The molecule has 0 aliphatic heterocycles. The van der Waals surface area contributed by atoms with Crippen molar-refractivity contribution < 1.29 is 22.4 Å². The van der Waals surface area contributed by atoms with E-state index in [1.807, 2.05) is 0 Å². The molecular weight excluding hydrogens is 188 g/mol. The van der Waals surface area contributed by atoms with Gasteiger partial charge in [-0.1, -0.05) is 0 Å². The second kappa shape index (κ2) is 3.16. The molecule has 5 heteroatoms. The molecule has 0 atom stereocenters. The molecule has 13 heavy (non-hydrogen) atoms. The Hall–Kier alpha value is -1.39. The minimum atomic E-state index is -1.97. The van der Waals surface area contributed by atoms with Crippen molar-refractivity contribution in [3.8, 4) is 0 Å². The predicted molar refractivity (Wildman–Crippen MR) is 36.4 cm³/mol. The van der Waals surface area contributed by atoms with Crippen LogP contribution in [-0.4, -0.2) is 6.29 Å². The average molecular weight is 192 g/mol. The molecule has 0 amide bonds. The largest absolute Gasteiger partial charge is 0.298 e. The van der Waals surface area contributed by atoms with Gasteiger partial charge in [-0.15, -0.1) is 0 Å². The summed E-state index contributed by atoms with van der Waals surface area (Å²) in [6.07, 6.45) is -0.0593. The van der Waals surface area contributed by atoms with Gasteiger partial charge in [-0.2, -0.15) is 0 Å². The second-order valence-electron chi connectivity index (χ2n) is 2.41. The molecule has 0 fully saturated rings. The van der Waals surface area contributed by atoms with Gasteiger partial charge < -0.3 is 0 Å². The fourth-order valence-corrected chi connectivity index (χ4v) is 0.899. The highest BCUT2D eigenvalue weighted by molar-refractivity contribution is 5.77. The molecule has 0 radical (unpaired) electrons. The van der Waals surface area contributed by atoms with Gasteiger partial charge >= 0.3 is 0 Å². The molecule has 0 N–H and O–H groups in total. The lowest BCUT2D eigenvalue weighted by Crippen LogP contribution is -2.04. The number of halogens is 4. The number of aldehydes is 1. The summed E-state index contributed by atoms with van der Waals surface area (Å²) in [6.45, 7) is 0.991. The zero-order chi connectivity index (χ0) is 10.2. The normalized spacial score (nSPS) is 10.2. The first-order valence-electron chi connectivity index (χ1n) is 3.28. The lowest BCUT2D eigenvalue weighted by atomic mass is 10.1. The van der Waals surface area contributed by atoms with Crippen LogP contribution in [0.25, 0.3) is 0 Å². The summed E-state index contributed by atoms with van der Waals surface area (Å²) in [7, 11) is 0. The van der Waals surface area contributed by atoms with Gasteiger partial charge in [0.25, 0.3) is 0 Å². The van der Waals surface area contributed by atoms with E-state index in [-0.39, 0.29) is 6.29 Å². The Morgan fingerprint density at radius 1 is 0.923 bits per heavy atom. The van der Waals surface area contributed by atoms with Crippen molar-refractivity contribution in [1.29, 1.82) is 0 Å². The average Bonchev–Trinajstić information content (AvgIpc) is 2.13. The summed E-state index contributed by atoms with van der Waals surface area (Å²) >= 11 is 0. The van der Waals surface area contributed by atoms with E-state index >= 15 is 0 Å². The number of rotatable bonds is 1. The molecule has 0 aliphatic carbocycles. The molecule has 0 saturated heterocycles. The van der Waals surface area contributed by atoms with Crippen LogP contribution in [0.4, 0.5) is 17.6 Å². The summed E-state index contributed by atoms with van der Waals surface area (Å²) in [5.74, 6) is -7.07. The molecule has 0 aromatic heterocycles. The molecule has 0 unspecified atom stereocenters. The van der Waals surface area contributed by atoms with Crippen molar-refractivity contribution in [2.45, 2.75) is 6.92 Å². The first kappa shape index (κ1) is 9.70. The summed E-state index contributed by atoms with van der Waals surface area (Å²) < 4.78 is 50.3. The van der Waals surface area contributed by atoms with E-state index in [2.05, 4.69) is 0 Å². The van der Waals surface area contributed by atoms with E-state index < -0.39 is 34.4 Å². The molecule has 1 nitrogen and oxygen atoms in total. The lowest BCUT2D eigenvalue weighted by Gasteiger charge is -2.04. The maximum absolute atomic E-state index is 12.7. The Bertz CT molecular complexity index is 344. The van der Waals surface area contributed by atoms with Crippen molar-refractivity contribution in [3.05, 3.63) is 34.4 Å². The van der Waals surface area contributed by atoms with E-state index in [4.69, 9.17) is 0 Å². The maximum Gasteiger partial charge on any atom is 0.198 e. The van der Waals surface area contributed by atoms with Crippen LogP contribution in [-0.2, 0) is 0 Å². The molecule has 0 heterocycles. The predicted octanol–water partition coefficient (Wildman–Crippen LogP) is 2.36. The summed E-state index contributed by atoms with van der Waals surface area (Å²) in [5.41, 5.74) is -1.33. The molecule has 70 valence electrons. The Labute approximate surface area is 71.0 Å². The Morgan fingerprint density at radius 3 is 1.85 bits per heavy atom. The van der Waals surface area contributed by atoms with Crippen LogP contribution in [0.2, 0.25) is 0 Å². The molecule has 1 rings (SSSR count). The lowest BCUT2D eigenvalue weighted by molar-refractivity contribution is 0.111. The number of benzene rings is 1. The van der Waals surface area contributed by atoms with Crippen LogP contribution in [0.3, 0.4) is 0 Å². The fourth-order valence-electron chi connectivity index (χ4n) is 0.899. The fraction of sp³-hybridized carbons (Fsp3) is 0.125. The Balaban J connectivity index is 3.66. The van der Waals surface area contributed by atoms with Gasteiger partial charge in [0, 0.05) is 5.56 Å². The van der Waals surface area contributed by atoms with Gasteiger partial charge in [0.1, 0.15) is 0 Å². The molecule has 1 aromatic rings. The van der Waals surface area contributed by atoms with E-state index in [1.54, 1.807) is 0 Å². The first-order valence-corrected chi connectivity index (χ1v) is 3.28. The van der Waals surface area contributed by atoms with Gasteiger partial charge in [0.05, 0.1) is 5.56 Å². The molecule has 0 aliphatic rings. The first-order chi connectivity index (χ1) is 6.00. The van der Waals surface area contributed by atoms with Crippen molar-refractivity contribution >= 4 is 6.29 Å². The third-order valence-electron chi connectivity index (χ3n) is 1.67. The maximum atomic E-state index is 12.7. The molecule has 0 saturated carbocycles. The van der Waals surface area contributed by atoms with Gasteiger partial charge in [-0.25, -0.2) is 17.6 Å². The third-order valence-corrected chi connectivity index (χ3v) is 1.67. The summed E-state index contributed by atoms with van der Waals surface area (Å²) in [4.78, 5) is 10.2. The van der Waals surface area contributed by atoms with Gasteiger partial charge in [-0.3, -0.25) is 4.79 Å². The van der Waals surface area contributed by atoms with Crippen LogP contribution >= 0.6 is 0 Å². The van der Waals surface area contributed by atoms with Crippen LogP contribution in [0.1, 0.15) is 15.9 Å². The van der Waals surface area contributed by atoms with Gasteiger partial charge in [0.15, 0.2) is 29.6 Å². The highest BCUT2D eigenvalue weighted by atomic mass is 19.2. The van der Waals surface area contributed by atoms with Crippen LogP contribution < -0.4 is 0 Å². The van der Waals surface area contributed by atoms with E-state index in [0.717, 1.165) is 6.92 Å². The number of hydrogen-bond acceptors (Lipinski definition) is 1. The second-order valence-corrected chi connectivity index (χ2v) is 2.41. The van der Waals surface area contributed by atoms with Crippen molar-refractivity contribution in [1.82, 2.24) is 0 Å². The SMILES string of the molecule is Cc1c(F)c(F)c(F)c(F)c1C=O. The van der Waals surface area contributed by atoms with Gasteiger partial charge in [-0.05, 0) is 6.92 Å². The summed E-state index contributed by atoms with van der Waals surface area (Å²) in [5, 5.41) is 0.